The van der Waals surface area contributed by atoms with Crippen LogP contribution in [0.25, 0.3) is 0 Å². The fraction of sp³-hybridized carbons (Fsp3) is 0.917. The first-order chi connectivity index (χ1) is 7.96. The lowest BCUT2D eigenvalue weighted by molar-refractivity contribution is -0.133. The molecule has 0 saturated heterocycles. The number of amides is 1. The Balaban J connectivity index is 5.22. The first-order valence-electron chi connectivity index (χ1n) is 6.20. The molecule has 0 saturated carbocycles. The van der Waals surface area contributed by atoms with E-state index in [9.17, 15) is 13.2 Å². The fourth-order valence-electron chi connectivity index (χ4n) is 1.76. The molecule has 0 aliphatic carbocycles. The molecule has 2 unspecified atom stereocenters. The number of nitrogens with one attached hydrogen (secondary N) is 1. The molecule has 0 fully saturated rings. The molecule has 0 bridgehead atoms. The molecule has 1 N–H and O–H groups in total. The normalized spacial score (nSPS) is 17.6. The van der Waals surface area contributed by atoms with Gasteiger partial charge >= 0.3 is 0 Å². The van der Waals surface area contributed by atoms with Crippen LogP contribution in [0.1, 0.15) is 41.0 Å². The maximum absolute atomic E-state index is 12.2. The summed E-state index contributed by atoms with van der Waals surface area (Å²) in [5, 5.41) is 2.86. The fourth-order valence-corrected chi connectivity index (χ4v) is 2.57. The Hall–Kier alpha value is -0.620. The van der Waals surface area contributed by atoms with E-state index in [1.807, 2.05) is 20.8 Å². The number of sulfonamides is 1. The van der Waals surface area contributed by atoms with Crippen molar-refractivity contribution in [2.45, 2.75) is 53.1 Å². The molecule has 6 heteroatoms. The molecule has 0 aromatic carbocycles. The van der Waals surface area contributed by atoms with Gasteiger partial charge in [-0.2, -0.15) is 0 Å². The van der Waals surface area contributed by atoms with Gasteiger partial charge in [-0.1, -0.05) is 6.92 Å². The Bertz CT molecular complexity index is 392. The van der Waals surface area contributed by atoms with E-state index in [0.717, 1.165) is 6.26 Å². The minimum Gasteiger partial charge on any atom is -0.353 e. The van der Waals surface area contributed by atoms with Gasteiger partial charge < -0.3 is 5.32 Å². The van der Waals surface area contributed by atoms with Crippen molar-refractivity contribution < 1.29 is 13.2 Å². The monoisotopic (exact) mass is 278 g/mol. The van der Waals surface area contributed by atoms with E-state index < -0.39 is 21.5 Å². The Labute approximate surface area is 111 Å². The van der Waals surface area contributed by atoms with Gasteiger partial charge in [-0.25, -0.2) is 12.7 Å². The van der Waals surface area contributed by atoms with Crippen LogP contribution in [-0.4, -0.2) is 44.0 Å². The first kappa shape index (κ1) is 17.4. The van der Waals surface area contributed by atoms with Gasteiger partial charge in [0.15, 0.2) is 0 Å². The van der Waals surface area contributed by atoms with Crippen LogP contribution in [0, 0.1) is 5.41 Å². The summed E-state index contributed by atoms with van der Waals surface area (Å²) in [6.45, 7) is 9.24. The summed E-state index contributed by atoms with van der Waals surface area (Å²) in [4.78, 5) is 12.2. The predicted octanol–water partition coefficient (Wildman–Crippen LogP) is 1.21. The van der Waals surface area contributed by atoms with E-state index in [0.29, 0.717) is 6.42 Å². The second-order valence-corrected chi connectivity index (χ2v) is 7.40. The minimum absolute atomic E-state index is 0.0408. The number of carbonyl (C=O) groups is 1. The van der Waals surface area contributed by atoms with Crippen molar-refractivity contribution in [1.29, 1.82) is 0 Å². The van der Waals surface area contributed by atoms with Crippen molar-refractivity contribution in [1.82, 2.24) is 9.62 Å². The van der Waals surface area contributed by atoms with Crippen molar-refractivity contribution in [2.24, 2.45) is 5.41 Å². The topological polar surface area (TPSA) is 66.5 Å². The van der Waals surface area contributed by atoms with E-state index in [4.69, 9.17) is 0 Å². The maximum atomic E-state index is 12.2. The Morgan fingerprint density at radius 2 is 1.78 bits per heavy atom. The highest BCUT2D eigenvalue weighted by atomic mass is 32.2. The molecule has 0 aliphatic heterocycles. The van der Waals surface area contributed by atoms with Crippen LogP contribution in [0.4, 0.5) is 0 Å². The van der Waals surface area contributed by atoms with Crippen molar-refractivity contribution in [3.63, 3.8) is 0 Å². The highest BCUT2D eigenvalue weighted by molar-refractivity contribution is 7.88. The van der Waals surface area contributed by atoms with Crippen molar-refractivity contribution in [3.8, 4) is 0 Å². The third-order valence-corrected chi connectivity index (χ3v) is 5.03. The Morgan fingerprint density at radius 1 is 1.33 bits per heavy atom. The first-order valence-corrected chi connectivity index (χ1v) is 8.05. The number of hydrogen-bond acceptors (Lipinski definition) is 3. The Kier molecular flexibility index (Phi) is 5.81. The molecule has 0 aromatic rings. The molecule has 108 valence electrons. The number of carbonyl (C=O) groups excluding carboxylic acids is 1. The van der Waals surface area contributed by atoms with E-state index in [2.05, 4.69) is 5.32 Å². The molecule has 2 atom stereocenters. The largest absolute Gasteiger partial charge is 0.353 e. The van der Waals surface area contributed by atoms with Crippen molar-refractivity contribution >= 4 is 15.9 Å². The zero-order chi connectivity index (χ0) is 14.7. The third kappa shape index (κ3) is 3.95. The number of rotatable bonds is 6. The lowest BCUT2D eigenvalue weighted by atomic mass is 9.79. The molecular formula is C12H26N2O3S. The quantitative estimate of drug-likeness (QED) is 0.794. The highest BCUT2D eigenvalue weighted by Gasteiger charge is 2.41. The van der Waals surface area contributed by atoms with Crippen LogP contribution in [0.15, 0.2) is 0 Å². The van der Waals surface area contributed by atoms with Gasteiger partial charge in [0.25, 0.3) is 0 Å². The highest BCUT2D eigenvalue weighted by Crippen LogP contribution is 2.30. The van der Waals surface area contributed by atoms with Crippen molar-refractivity contribution in [2.75, 3.05) is 13.3 Å². The molecule has 0 spiro atoms. The maximum Gasteiger partial charge on any atom is 0.227 e. The minimum atomic E-state index is -3.30. The summed E-state index contributed by atoms with van der Waals surface area (Å²) in [7, 11) is -1.79. The van der Waals surface area contributed by atoms with Crippen LogP contribution in [-0.2, 0) is 14.8 Å². The van der Waals surface area contributed by atoms with Crippen LogP contribution in [0.5, 0.6) is 0 Å². The molecule has 0 heterocycles. The SMILES string of the molecule is CCC(C)(C(=O)NC(C)C)C(C)N(C)S(C)(=O)=O. The van der Waals surface area contributed by atoms with Gasteiger partial charge in [0, 0.05) is 19.1 Å². The van der Waals surface area contributed by atoms with Crippen LogP contribution < -0.4 is 5.32 Å². The summed E-state index contributed by atoms with van der Waals surface area (Å²) < 4.78 is 24.4. The van der Waals surface area contributed by atoms with Crippen LogP contribution in [0.3, 0.4) is 0 Å². The van der Waals surface area contributed by atoms with Gasteiger partial charge in [-0.15, -0.1) is 0 Å². The van der Waals surface area contributed by atoms with E-state index in [1.165, 1.54) is 11.4 Å². The molecule has 0 radical (unpaired) electrons. The van der Waals surface area contributed by atoms with Gasteiger partial charge in [0.2, 0.25) is 15.9 Å². The second-order valence-electron chi connectivity index (χ2n) is 5.35. The van der Waals surface area contributed by atoms with Crippen LogP contribution >= 0.6 is 0 Å². The molecule has 18 heavy (non-hydrogen) atoms. The third-order valence-electron chi connectivity index (χ3n) is 3.66. The molecule has 0 aliphatic rings. The predicted molar refractivity (Wildman–Crippen MR) is 73.7 cm³/mol. The smallest absolute Gasteiger partial charge is 0.227 e. The van der Waals surface area contributed by atoms with Gasteiger partial charge in [0.1, 0.15) is 0 Å². The lowest BCUT2D eigenvalue weighted by Crippen LogP contribution is -2.53. The van der Waals surface area contributed by atoms with Crippen LogP contribution in [0.2, 0.25) is 0 Å². The van der Waals surface area contributed by atoms with Gasteiger partial charge in [-0.3, -0.25) is 4.79 Å². The zero-order valence-corrected chi connectivity index (χ0v) is 13.3. The van der Waals surface area contributed by atoms with Gasteiger partial charge in [-0.05, 0) is 34.1 Å². The molecule has 5 nitrogen and oxygen atoms in total. The van der Waals surface area contributed by atoms with E-state index in [-0.39, 0.29) is 11.9 Å². The zero-order valence-electron chi connectivity index (χ0n) is 12.4. The molecule has 1 amide bonds. The number of hydrogen-bond donors (Lipinski definition) is 1. The summed E-state index contributed by atoms with van der Waals surface area (Å²) >= 11 is 0. The van der Waals surface area contributed by atoms with Gasteiger partial charge in [0.05, 0.1) is 11.7 Å². The summed E-state index contributed by atoms with van der Waals surface area (Å²) in [5.41, 5.74) is -0.734. The summed E-state index contributed by atoms with van der Waals surface area (Å²) in [5.74, 6) is -0.108. The van der Waals surface area contributed by atoms with E-state index >= 15 is 0 Å². The summed E-state index contributed by atoms with van der Waals surface area (Å²) in [6.07, 6.45) is 1.73. The average molecular weight is 278 g/mol. The standard InChI is InChI=1S/C12H26N2O3S/c1-8-12(5,11(15)13-9(2)3)10(4)14(6)18(7,16)17/h9-10H,8H2,1-7H3,(H,13,15). The molecular weight excluding hydrogens is 252 g/mol. The molecule has 0 aromatic heterocycles. The van der Waals surface area contributed by atoms with Crippen molar-refractivity contribution in [3.05, 3.63) is 0 Å². The second kappa shape index (κ2) is 6.02. The number of nitrogens with zero attached hydrogens (tertiary/aromatic N) is 1. The van der Waals surface area contributed by atoms with E-state index in [1.54, 1.807) is 13.8 Å². The summed E-state index contributed by atoms with van der Waals surface area (Å²) in [6, 6.07) is -0.352. The molecule has 0 rings (SSSR count). The lowest BCUT2D eigenvalue weighted by Gasteiger charge is -2.38. The average Bonchev–Trinajstić information content (AvgIpc) is 2.23. The Morgan fingerprint density at radius 3 is 2.06 bits per heavy atom.